The first-order valence-corrected chi connectivity index (χ1v) is 6.20. The van der Waals surface area contributed by atoms with Gasteiger partial charge in [0.15, 0.2) is 0 Å². The fourth-order valence-corrected chi connectivity index (χ4v) is 1.98. The average molecular weight is 245 g/mol. The maximum atomic E-state index is 11.9. The molecule has 4 heteroatoms. The van der Waals surface area contributed by atoms with Gasteiger partial charge in [-0.2, -0.15) is 0 Å². The molecule has 0 saturated heterocycles. The first-order valence-electron chi connectivity index (χ1n) is 6.20. The van der Waals surface area contributed by atoms with Gasteiger partial charge < -0.3 is 16.0 Å². The van der Waals surface area contributed by atoms with E-state index in [2.05, 4.69) is 24.1 Å². The van der Waals surface area contributed by atoms with E-state index in [0.29, 0.717) is 12.3 Å². The van der Waals surface area contributed by atoms with E-state index in [1.54, 1.807) is 0 Å². The van der Waals surface area contributed by atoms with Gasteiger partial charge in [-0.1, -0.05) is 13.8 Å². The molecule has 0 bridgehead atoms. The maximum absolute atomic E-state index is 11.9. The molecule has 2 rings (SSSR count). The Labute approximate surface area is 107 Å². The van der Waals surface area contributed by atoms with Gasteiger partial charge in [-0.25, -0.2) is 0 Å². The fraction of sp³-hybridized carbons (Fsp3) is 0.357. The average Bonchev–Trinajstić information content (AvgIpc) is 2.75. The molecule has 1 aromatic carbocycles. The number of nitrogens with one attached hydrogen (secondary N) is 2. The second-order valence-corrected chi connectivity index (χ2v) is 5.00. The van der Waals surface area contributed by atoms with Crippen molar-refractivity contribution in [3.63, 3.8) is 0 Å². The molecule has 0 aliphatic heterocycles. The number of benzene rings is 1. The van der Waals surface area contributed by atoms with Crippen LogP contribution in [-0.2, 0) is 4.79 Å². The summed E-state index contributed by atoms with van der Waals surface area (Å²) in [5.41, 5.74) is 7.68. The van der Waals surface area contributed by atoms with E-state index in [4.69, 9.17) is 5.73 Å². The highest BCUT2D eigenvalue weighted by atomic mass is 16.2. The van der Waals surface area contributed by atoms with Crippen LogP contribution in [0.3, 0.4) is 0 Å². The van der Waals surface area contributed by atoms with Gasteiger partial charge >= 0.3 is 0 Å². The van der Waals surface area contributed by atoms with Crippen LogP contribution in [0.2, 0.25) is 0 Å². The van der Waals surface area contributed by atoms with Gasteiger partial charge in [0.2, 0.25) is 5.91 Å². The van der Waals surface area contributed by atoms with Crippen molar-refractivity contribution in [3.8, 4) is 0 Å². The molecule has 1 aromatic heterocycles. The molecule has 1 amide bonds. The molecule has 0 saturated carbocycles. The SMILES string of the molecule is CC(C)C[C@@H](N)C(=O)Nc1ccc2[nH]ccc2c1. The van der Waals surface area contributed by atoms with Crippen molar-refractivity contribution >= 4 is 22.5 Å². The van der Waals surface area contributed by atoms with Crippen molar-refractivity contribution in [2.75, 3.05) is 5.32 Å². The summed E-state index contributed by atoms with van der Waals surface area (Å²) in [7, 11) is 0. The van der Waals surface area contributed by atoms with E-state index in [-0.39, 0.29) is 5.91 Å². The number of fused-ring (bicyclic) bond motifs is 1. The molecular formula is C14H19N3O. The lowest BCUT2D eigenvalue weighted by Crippen LogP contribution is -2.36. The number of aromatic nitrogens is 1. The Morgan fingerprint density at radius 2 is 2.17 bits per heavy atom. The molecule has 0 radical (unpaired) electrons. The molecule has 2 aromatic rings. The minimum Gasteiger partial charge on any atom is -0.361 e. The third-order valence-electron chi connectivity index (χ3n) is 2.88. The monoisotopic (exact) mass is 245 g/mol. The molecule has 0 unspecified atom stereocenters. The van der Waals surface area contributed by atoms with Crippen LogP contribution in [0.5, 0.6) is 0 Å². The van der Waals surface area contributed by atoms with Gasteiger partial charge in [0.05, 0.1) is 6.04 Å². The number of H-pyrrole nitrogens is 1. The smallest absolute Gasteiger partial charge is 0.241 e. The summed E-state index contributed by atoms with van der Waals surface area (Å²) in [6.45, 7) is 4.11. The molecule has 96 valence electrons. The minimum absolute atomic E-state index is 0.126. The first kappa shape index (κ1) is 12.6. The topological polar surface area (TPSA) is 70.9 Å². The number of hydrogen-bond donors (Lipinski definition) is 3. The van der Waals surface area contributed by atoms with E-state index in [0.717, 1.165) is 16.6 Å². The summed E-state index contributed by atoms with van der Waals surface area (Å²) in [6.07, 6.45) is 2.57. The molecule has 0 aliphatic carbocycles. The van der Waals surface area contributed by atoms with Crippen LogP contribution in [0.1, 0.15) is 20.3 Å². The van der Waals surface area contributed by atoms with Gasteiger partial charge in [0, 0.05) is 22.8 Å². The molecule has 0 spiro atoms. The fourth-order valence-electron chi connectivity index (χ4n) is 1.98. The Morgan fingerprint density at radius 1 is 1.39 bits per heavy atom. The lowest BCUT2D eigenvalue weighted by molar-refractivity contribution is -0.117. The van der Waals surface area contributed by atoms with E-state index >= 15 is 0 Å². The normalized spacial score (nSPS) is 12.9. The van der Waals surface area contributed by atoms with Gasteiger partial charge in [-0.3, -0.25) is 4.79 Å². The van der Waals surface area contributed by atoms with Crippen LogP contribution >= 0.6 is 0 Å². The quantitative estimate of drug-likeness (QED) is 0.774. The van der Waals surface area contributed by atoms with E-state index in [1.165, 1.54) is 0 Å². The Morgan fingerprint density at radius 3 is 2.89 bits per heavy atom. The Kier molecular flexibility index (Phi) is 3.67. The second kappa shape index (κ2) is 5.23. The van der Waals surface area contributed by atoms with Crippen LogP contribution in [0.25, 0.3) is 10.9 Å². The molecule has 1 atom stereocenters. The summed E-state index contributed by atoms with van der Waals surface area (Å²) >= 11 is 0. The number of amides is 1. The summed E-state index contributed by atoms with van der Waals surface area (Å²) in [6, 6.07) is 7.27. The highest BCUT2D eigenvalue weighted by Crippen LogP contribution is 2.18. The summed E-state index contributed by atoms with van der Waals surface area (Å²) in [5, 5.41) is 3.93. The van der Waals surface area contributed by atoms with Crippen LogP contribution in [0.4, 0.5) is 5.69 Å². The zero-order chi connectivity index (χ0) is 13.1. The molecule has 0 fully saturated rings. The zero-order valence-electron chi connectivity index (χ0n) is 10.7. The molecule has 4 nitrogen and oxygen atoms in total. The summed E-state index contributed by atoms with van der Waals surface area (Å²) in [4.78, 5) is 15.0. The van der Waals surface area contributed by atoms with Crippen molar-refractivity contribution in [2.24, 2.45) is 11.7 Å². The molecule has 18 heavy (non-hydrogen) atoms. The lowest BCUT2D eigenvalue weighted by Gasteiger charge is -2.14. The minimum atomic E-state index is -0.452. The highest BCUT2D eigenvalue weighted by molar-refractivity contribution is 5.96. The number of nitrogens with two attached hydrogens (primary N) is 1. The Hall–Kier alpha value is -1.81. The van der Waals surface area contributed by atoms with E-state index in [9.17, 15) is 4.79 Å². The van der Waals surface area contributed by atoms with Crippen LogP contribution < -0.4 is 11.1 Å². The Bertz CT molecular complexity index is 545. The largest absolute Gasteiger partial charge is 0.361 e. The van der Waals surface area contributed by atoms with Crippen LogP contribution in [0.15, 0.2) is 30.5 Å². The predicted octanol–water partition coefficient (Wildman–Crippen LogP) is 2.48. The van der Waals surface area contributed by atoms with Gasteiger partial charge in [0.1, 0.15) is 0 Å². The van der Waals surface area contributed by atoms with E-state index in [1.807, 2.05) is 30.5 Å². The third kappa shape index (κ3) is 2.90. The van der Waals surface area contributed by atoms with Crippen LogP contribution in [0, 0.1) is 5.92 Å². The summed E-state index contributed by atoms with van der Waals surface area (Å²) in [5.74, 6) is 0.288. The second-order valence-electron chi connectivity index (χ2n) is 5.00. The van der Waals surface area contributed by atoms with E-state index < -0.39 is 6.04 Å². The number of anilines is 1. The lowest BCUT2D eigenvalue weighted by atomic mass is 10.0. The maximum Gasteiger partial charge on any atom is 0.241 e. The zero-order valence-corrected chi connectivity index (χ0v) is 10.7. The van der Waals surface area contributed by atoms with Crippen molar-refractivity contribution in [2.45, 2.75) is 26.3 Å². The molecule has 1 heterocycles. The number of hydrogen-bond acceptors (Lipinski definition) is 2. The third-order valence-corrected chi connectivity index (χ3v) is 2.88. The molecular weight excluding hydrogens is 226 g/mol. The molecule has 0 aliphatic rings. The number of rotatable bonds is 4. The van der Waals surface area contributed by atoms with Gasteiger partial charge in [-0.05, 0) is 36.6 Å². The van der Waals surface area contributed by atoms with Crippen LogP contribution in [-0.4, -0.2) is 16.9 Å². The van der Waals surface area contributed by atoms with Gasteiger partial charge in [0.25, 0.3) is 0 Å². The number of carbonyl (C=O) groups is 1. The van der Waals surface area contributed by atoms with Crippen molar-refractivity contribution in [1.29, 1.82) is 0 Å². The first-order chi connectivity index (χ1) is 8.56. The highest BCUT2D eigenvalue weighted by Gasteiger charge is 2.15. The summed E-state index contributed by atoms with van der Waals surface area (Å²) < 4.78 is 0. The number of carbonyl (C=O) groups excluding carboxylic acids is 1. The Balaban J connectivity index is 2.06. The van der Waals surface area contributed by atoms with Gasteiger partial charge in [-0.15, -0.1) is 0 Å². The van der Waals surface area contributed by atoms with Crippen molar-refractivity contribution in [1.82, 2.24) is 4.98 Å². The van der Waals surface area contributed by atoms with Crippen molar-refractivity contribution in [3.05, 3.63) is 30.5 Å². The standard InChI is InChI=1S/C14H19N3O/c1-9(2)7-12(15)14(18)17-11-3-4-13-10(8-11)5-6-16-13/h3-6,8-9,12,16H,7,15H2,1-2H3,(H,17,18)/t12-/m1/s1. The molecule has 4 N–H and O–H groups in total. The predicted molar refractivity (Wildman–Crippen MR) is 74.4 cm³/mol. The number of aromatic amines is 1. The van der Waals surface area contributed by atoms with Crippen molar-refractivity contribution < 1.29 is 4.79 Å².